The van der Waals surface area contributed by atoms with Crippen LogP contribution in [0.5, 0.6) is 0 Å². The molecule has 0 aromatic heterocycles. The van der Waals surface area contributed by atoms with Crippen LogP contribution in [0.25, 0.3) is 0 Å². The van der Waals surface area contributed by atoms with Crippen LogP contribution in [0.3, 0.4) is 0 Å². The van der Waals surface area contributed by atoms with Crippen molar-refractivity contribution >= 4 is 34.8 Å². The van der Waals surface area contributed by atoms with Crippen molar-refractivity contribution in [1.82, 2.24) is 0 Å². The van der Waals surface area contributed by atoms with Crippen molar-refractivity contribution in [3.63, 3.8) is 0 Å². The molecule has 0 spiro atoms. The van der Waals surface area contributed by atoms with E-state index in [0.29, 0.717) is 28.2 Å². The molecular weight excluding hydrogens is 343 g/mol. The van der Waals surface area contributed by atoms with E-state index < -0.39 is 0 Å². The molecule has 0 saturated heterocycles. The SMILES string of the molecule is CC(C)c1ccc(C[NH+](C)CC(=O)Nc2c(Cl)cccc2Cl)cc1. The molecule has 2 rings (SSSR count). The number of hydrogen-bond acceptors (Lipinski definition) is 1. The fourth-order valence-electron chi connectivity index (χ4n) is 2.51. The quantitative estimate of drug-likeness (QED) is 0.802. The van der Waals surface area contributed by atoms with E-state index in [2.05, 4.69) is 43.4 Å². The van der Waals surface area contributed by atoms with Crippen LogP contribution in [0.1, 0.15) is 30.9 Å². The lowest BCUT2D eigenvalue weighted by molar-refractivity contribution is -0.885. The van der Waals surface area contributed by atoms with E-state index in [0.717, 1.165) is 11.4 Å². The monoisotopic (exact) mass is 365 g/mol. The Balaban J connectivity index is 1.92. The predicted molar refractivity (Wildman–Crippen MR) is 101 cm³/mol. The van der Waals surface area contributed by atoms with Gasteiger partial charge in [0.2, 0.25) is 0 Å². The van der Waals surface area contributed by atoms with Gasteiger partial charge in [-0.2, -0.15) is 0 Å². The first kappa shape index (κ1) is 18.8. The summed E-state index contributed by atoms with van der Waals surface area (Å²) in [5.41, 5.74) is 3.00. The summed E-state index contributed by atoms with van der Waals surface area (Å²) in [5.74, 6) is 0.413. The Hall–Kier alpha value is -1.55. The third-order valence-corrected chi connectivity index (χ3v) is 4.47. The van der Waals surface area contributed by atoms with Crippen LogP contribution in [-0.2, 0) is 11.3 Å². The zero-order valence-electron chi connectivity index (χ0n) is 14.2. The molecule has 0 aliphatic rings. The summed E-state index contributed by atoms with van der Waals surface area (Å²) in [6.45, 7) is 5.47. The van der Waals surface area contributed by atoms with Crippen LogP contribution in [0.15, 0.2) is 42.5 Å². The highest BCUT2D eigenvalue weighted by Gasteiger charge is 2.14. The topological polar surface area (TPSA) is 33.5 Å². The minimum absolute atomic E-state index is 0.110. The van der Waals surface area contributed by atoms with Crippen molar-refractivity contribution in [3.8, 4) is 0 Å². The Bertz CT molecular complexity index is 679. The second kappa shape index (κ2) is 8.52. The van der Waals surface area contributed by atoms with Gasteiger partial charge in [-0.3, -0.25) is 4.79 Å². The minimum atomic E-state index is -0.110. The molecule has 2 N–H and O–H groups in total. The van der Waals surface area contributed by atoms with Gasteiger partial charge in [0.15, 0.2) is 6.54 Å². The van der Waals surface area contributed by atoms with Gasteiger partial charge in [0.25, 0.3) is 5.91 Å². The molecule has 0 aliphatic carbocycles. The third-order valence-electron chi connectivity index (χ3n) is 3.84. The maximum absolute atomic E-state index is 12.2. The van der Waals surface area contributed by atoms with Gasteiger partial charge in [0.05, 0.1) is 22.8 Å². The maximum atomic E-state index is 12.2. The summed E-state index contributed by atoms with van der Waals surface area (Å²) in [5, 5.41) is 3.68. The second-order valence-electron chi connectivity index (χ2n) is 6.35. The first-order valence-electron chi connectivity index (χ1n) is 8.01. The normalized spacial score (nSPS) is 12.2. The van der Waals surface area contributed by atoms with Gasteiger partial charge in [0.1, 0.15) is 6.54 Å². The Morgan fingerprint density at radius 3 is 2.21 bits per heavy atom. The second-order valence-corrected chi connectivity index (χ2v) is 7.17. The average molecular weight is 366 g/mol. The maximum Gasteiger partial charge on any atom is 0.279 e. The number of benzene rings is 2. The molecule has 3 nitrogen and oxygen atoms in total. The van der Waals surface area contributed by atoms with Crippen molar-refractivity contribution in [2.75, 3.05) is 18.9 Å². The highest BCUT2D eigenvalue weighted by molar-refractivity contribution is 6.39. The molecule has 0 bridgehead atoms. The Morgan fingerprint density at radius 1 is 1.08 bits per heavy atom. The molecule has 1 unspecified atom stereocenters. The number of anilines is 1. The van der Waals surface area contributed by atoms with Gasteiger partial charge < -0.3 is 10.2 Å². The van der Waals surface area contributed by atoms with Crippen LogP contribution < -0.4 is 10.2 Å². The van der Waals surface area contributed by atoms with E-state index in [1.165, 1.54) is 11.1 Å². The lowest BCUT2D eigenvalue weighted by Crippen LogP contribution is -3.08. The molecule has 0 fully saturated rings. The number of nitrogens with one attached hydrogen (secondary N) is 2. The van der Waals surface area contributed by atoms with Crippen LogP contribution in [0.4, 0.5) is 5.69 Å². The lowest BCUT2D eigenvalue weighted by atomic mass is 10.0. The summed E-state index contributed by atoms with van der Waals surface area (Å²) in [6, 6.07) is 13.7. The minimum Gasteiger partial charge on any atom is -0.326 e. The van der Waals surface area contributed by atoms with E-state index in [1.54, 1.807) is 18.2 Å². The first-order chi connectivity index (χ1) is 11.4. The summed E-state index contributed by atoms with van der Waals surface area (Å²) in [7, 11) is 1.99. The molecule has 24 heavy (non-hydrogen) atoms. The summed E-state index contributed by atoms with van der Waals surface area (Å²) in [6.07, 6.45) is 0. The van der Waals surface area contributed by atoms with Crippen LogP contribution in [-0.4, -0.2) is 19.5 Å². The fraction of sp³-hybridized carbons (Fsp3) is 0.316. The third kappa shape index (κ3) is 5.23. The number of quaternary nitrogens is 1. The largest absolute Gasteiger partial charge is 0.326 e. The van der Waals surface area contributed by atoms with Gasteiger partial charge in [-0.15, -0.1) is 0 Å². The number of rotatable bonds is 6. The molecule has 5 heteroatoms. The lowest BCUT2D eigenvalue weighted by Gasteiger charge is -2.15. The Kier molecular flexibility index (Phi) is 6.67. The highest BCUT2D eigenvalue weighted by atomic mass is 35.5. The van der Waals surface area contributed by atoms with Gasteiger partial charge >= 0.3 is 0 Å². The molecule has 0 saturated carbocycles. The van der Waals surface area contributed by atoms with E-state index in [1.807, 2.05) is 7.05 Å². The van der Waals surface area contributed by atoms with E-state index >= 15 is 0 Å². The molecule has 1 amide bonds. The van der Waals surface area contributed by atoms with Gasteiger partial charge in [-0.25, -0.2) is 0 Å². The van der Waals surface area contributed by atoms with Gasteiger partial charge in [-0.05, 0) is 23.6 Å². The van der Waals surface area contributed by atoms with Crippen molar-refractivity contribution < 1.29 is 9.69 Å². The average Bonchev–Trinajstić information content (AvgIpc) is 2.51. The molecule has 0 radical (unpaired) electrons. The summed E-state index contributed by atoms with van der Waals surface area (Å²) in [4.78, 5) is 13.3. The van der Waals surface area contributed by atoms with E-state index in [-0.39, 0.29) is 5.91 Å². The molecule has 0 aliphatic heterocycles. The number of carbonyl (C=O) groups is 1. The highest BCUT2D eigenvalue weighted by Crippen LogP contribution is 2.29. The Labute approximate surface area is 153 Å². The summed E-state index contributed by atoms with van der Waals surface area (Å²) >= 11 is 12.1. The number of halogens is 2. The van der Waals surface area contributed by atoms with Crippen molar-refractivity contribution in [1.29, 1.82) is 0 Å². The van der Waals surface area contributed by atoms with Crippen molar-refractivity contribution in [2.24, 2.45) is 0 Å². The van der Waals surface area contributed by atoms with E-state index in [9.17, 15) is 4.79 Å². The number of para-hydroxylation sites is 1. The van der Waals surface area contributed by atoms with Crippen LogP contribution in [0.2, 0.25) is 10.0 Å². The zero-order chi connectivity index (χ0) is 17.7. The number of amides is 1. The van der Waals surface area contributed by atoms with E-state index in [4.69, 9.17) is 23.2 Å². The van der Waals surface area contributed by atoms with Crippen LogP contribution in [0, 0.1) is 0 Å². The van der Waals surface area contributed by atoms with Crippen molar-refractivity contribution in [2.45, 2.75) is 26.3 Å². The number of hydrogen-bond donors (Lipinski definition) is 2. The fourth-order valence-corrected chi connectivity index (χ4v) is 3.00. The van der Waals surface area contributed by atoms with Gasteiger partial charge in [-0.1, -0.05) is 67.4 Å². The Morgan fingerprint density at radius 2 is 1.67 bits per heavy atom. The smallest absolute Gasteiger partial charge is 0.279 e. The number of likely N-dealkylation sites (N-methyl/N-ethyl adjacent to an activating group) is 1. The van der Waals surface area contributed by atoms with Crippen molar-refractivity contribution in [3.05, 3.63) is 63.6 Å². The molecule has 1 atom stereocenters. The molecular formula is C19H23Cl2N2O+. The molecule has 2 aromatic rings. The predicted octanol–water partition coefficient (Wildman–Crippen LogP) is 3.77. The summed E-state index contributed by atoms with van der Waals surface area (Å²) < 4.78 is 0. The molecule has 0 heterocycles. The molecule has 2 aromatic carbocycles. The standard InChI is InChI=1S/C19H22Cl2N2O/c1-13(2)15-9-7-14(8-10-15)11-23(3)12-18(24)22-19-16(20)5-4-6-17(19)21/h4-10,13H,11-12H2,1-3H3,(H,22,24)/p+1. The number of carbonyl (C=O) groups excluding carboxylic acids is 1. The first-order valence-corrected chi connectivity index (χ1v) is 8.76. The van der Waals surface area contributed by atoms with Crippen LogP contribution >= 0.6 is 23.2 Å². The zero-order valence-corrected chi connectivity index (χ0v) is 15.7. The van der Waals surface area contributed by atoms with Gasteiger partial charge in [0, 0.05) is 5.56 Å². The molecule has 128 valence electrons.